The molecule has 0 bridgehead atoms. The maximum Gasteiger partial charge on any atom is 0.254 e. The minimum atomic E-state index is -0.565. The monoisotopic (exact) mass is 382 g/mol. The first-order valence-electron chi connectivity index (χ1n) is 9.35. The quantitative estimate of drug-likeness (QED) is 0.769. The molecule has 0 unspecified atom stereocenters. The van der Waals surface area contributed by atoms with Crippen LogP contribution >= 0.6 is 0 Å². The van der Waals surface area contributed by atoms with Crippen molar-refractivity contribution in [1.82, 2.24) is 10.3 Å². The van der Waals surface area contributed by atoms with Crippen molar-refractivity contribution < 1.29 is 14.3 Å². The van der Waals surface area contributed by atoms with E-state index < -0.39 is 11.7 Å². The Bertz CT molecular complexity index is 935. The third-order valence-electron chi connectivity index (χ3n) is 4.82. The van der Waals surface area contributed by atoms with Gasteiger partial charge in [0.1, 0.15) is 17.7 Å². The number of nitrogens with one attached hydrogen (secondary N) is 1. The predicted molar refractivity (Wildman–Crippen MR) is 105 cm³/mol. The number of rotatable bonds is 7. The summed E-state index contributed by atoms with van der Waals surface area (Å²) in [5.74, 6) is -0.495. The highest BCUT2D eigenvalue weighted by Gasteiger charge is 2.25. The molecule has 1 saturated carbocycles. The topological polar surface area (TPSA) is 89.2 Å². The van der Waals surface area contributed by atoms with E-state index in [0.29, 0.717) is 41.2 Å². The molecule has 0 radical (unpaired) electrons. The van der Waals surface area contributed by atoms with Gasteiger partial charge in [0.05, 0.1) is 17.7 Å². The Balaban J connectivity index is 2.00. The largest absolute Gasteiger partial charge is 0.395 e. The van der Waals surface area contributed by atoms with Crippen LogP contribution in [0.25, 0.3) is 11.1 Å². The fraction of sp³-hybridized carbons (Fsp3) is 0.381. The Morgan fingerprint density at radius 3 is 2.79 bits per heavy atom. The zero-order valence-corrected chi connectivity index (χ0v) is 16.0. The molecule has 1 aliphatic carbocycles. The minimum absolute atomic E-state index is 0.00875. The van der Waals surface area contributed by atoms with Crippen molar-refractivity contribution in [3.8, 4) is 17.2 Å². The number of benzene rings is 1. The smallest absolute Gasteiger partial charge is 0.254 e. The Labute approximate surface area is 163 Å². The number of nitriles is 1. The summed E-state index contributed by atoms with van der Waals surface area (Å²) < 4.78 is 14.4. The fourth-order valence-electron chi connectivity index (χ4n) is 3.12. The van der Waals surface area contributed by atoms with Gasteiger partial charge < -0.3 is 15.3 Å². The van der Waals surface area contributed by atoms with Crippen molar-refractivity contribution in [2.45, 2.75) is 32.7 Å². The molecule has 1 amide bonds. The molecule has 0 saturated heterocycles. The van der Waals surface area contributed by atoms with Crippen LogP contribution in [-0.4, -0.2) is 41.7 Å². The van der Waals surface area contributed by atoms with Gasteiger partial charge in [-0.05, 0) is 56.0 Å². The lowest BCUT2D eigenvalue weighted by Crippen LogP contribution is -2.28. The minimum Gasteiger partial charge on any atom is -0.395 e. The number of aryl methyl sites for hydroxylation is 1. The molecule has 1 fully saturated rings. The van der Waals surface area contributed by atoms with E-state index >= 15 is 0 Å². The highest BCUT2D eigenvalue weighted by molar-refractivity contribution is 5.96. The molecule has 146 valence electrons. The molecule has 7 heteroatoms. The van der Waals surface area contributed by atoms with Crippen LogP contribution in [0.1, 0.15) is 41.3 Å². The number of carbonyl (C=O) groups is 1. The third-order valence-corrected chi connectivity index (χ3v) is 4.82. The maximum atomic E-state index is 14.4. The van der Waals surface area contributed by atoms with Gasteiger partial charge >= 0.3 is 0 Å². The maximum absolute atomic E-state index is 14.4. The summed E-state index contributed by atoms with van der Waals surface area (Å²) in [4.78, 5) is 18.6. The Hall–Kier alpha value is -2.98. The lowest BCUT2D eigenvalue weighted by molar-refractivity contribution is 0.0947. The predicted octanol–water partition coefficient (Wildman–Crippen LogP) is 2.78. The first kappa shape index (κ1) is 19.8. The summed E-state index contributed by atoms with van der Waals surface area (Å²) in [6.07, 6.45) is 3.45. The number of aliphatic hydroxyl groups excluding tert-OH is 1. The summed E-state index contributed by atoms with van der Waals surface area (Å²) in [5, 5.41) is 21.6. The van der Waals surface area contributed by atoms with E-state index in [1.165, 1.54) is 12.1 Å². The Morgan fingerprint density at radius 1 is 1.43 bits per heavy atom. The van der Waals surface area contributed by atoms with Gasteiger partial charge in [-0.2, -0.15) is 5.26 Å². The van der Waals surface area contributed by atoms with Crippen LogP contribution in [0.2, 0.25) is 0 Å². The van der Waals surface area contributed by atoms with Crippen molar-refractivity contribution in [3.05, 3.63) is 46.9 Å². The standard InChI is InChI=1S/C21H23FN4O2/c1-3-26(6-7-27)20-14(11-23)9-15(12-24-20)17-10-18(19(22)8-13(17)2)21(28)25-16-4-5-16/h8-10,12,16,27H,3-7H2,1-2H3,(H,25,28). The first-order chi connectivity index (χ1) is 13.5. The second kappa shape index (κ2) is 8.36. The SMILES string of the molecule is CCN(CCO)c1ncc(-c2cc(C(=O)NC3CC3)c(F)cc2C)cc1C#N. The van der Waals surface area contributed by atoms with Crippen LogP contribution in [0.5, 0.6) is 0 Å². The van der Waals surface area contributed by atoms with Crippen LogP contribution in [0.15, 0.2) is 24.4 Å². The van der Waals surface area contributed by atoms with Crippen molar-refractivity contribution >= 4 is 11.7 Å². The number of likely N-dealkylation sites (N-methyl/N-ethyl adjacent to an activating group) is 1. The van der Waals surface area contributed by atoms with E-state index in [2.05, 4.69) is 16.4 Å². The number of aliphatic hydroxyl groups is 1. The molecular weight excluding hydrogens is 359 g/mol. The molecule has 0 aliphatic heterocycles. The van der Waals surface area contributed by atoms with Crippen LogP contribution in [-0.2, 0) is 0 Å². The van der Waals surface area contributed by atoms with Gasteiger partial charge in [0.25, 0.3) is 5.91 Å². The summed E-state index contributed by atoms with van der Waals surface area (Å²) in [6, 6.07) is 6.82. The van der Waals surface area contributed by atoms with E-state index in [9.17, 15) is 19.6 Å². The van der Waals surface area contributed by atoms with Gasteiger partial charge in [-0.1, -0.05) is 0 Å². The normalized spacial score (nSPS) is 13.1. The van der Waals surface area contributed by atoms with Crippen molar-refractivity contribution in [3.63, 3.8) is 0 Å². The molecule has 1 aliphatic rings. The molecule has 6 nitrogen and oxygen atoms in total. The van der Waals surface area contributed by atoms with Gasteiger partial charge in [-0.25, -0.2) is 9.37 Å². The number of amides is 1. The number of halogens is 1. The second-order valence-corrected chi connectivity index (χ2v) is 6.90. The van der Waals surface area contributed by atoms with E-state index in [1.54, 1.807) is 19.2 Å². The van der Waals surface area contributed by atoms with E-state index in [1.807, 2.05) is 11.8 Å². The molecule has 0 spiro atoms. The average molecular weight is 382 g/mol. The number of carbonyl (C=O) groups excluding carboxylic acids is 1. The van der Waals surface area contributed by atoms with Crippen molar-refractivity contribution in [1.29, 1.82) is 5.26 Å². The van der Waals surface area contributed by atoms with Gasteiger partial charge in [0, 0.05) is 30.9 Å². The lowest BCUT2D eigenvalue weighted by atomic mass is 9.97. The van der Waals surface area contributed by atoms with Gasteiger partial charge in [-0.3, -0.25) is 4.79 Å². The molecule has 1 aromatic heterocycles. The molecule has 1 heterocycles. The highest BCUT2D eigenvalue weighted by Crippen LogP contribution is 2.30. The van der Waals surface area contributed by atoms with E-state index in [0.717, 1.165) is 12.8 Å². The lowest BCUT2D eigenvalue weighted by Gasteiger charge is -2.22. The fourth-order valence-corrected chi connectivity index (χ4v) is 3.12. The number of aromatic nitrogens is 1. The van der Waals surface area contributed by atoms with E-state index in [4.69, 9.17) is 0 Å². The summed E-state index contributed by atoms with van der Waals surface area (Å²) in [5.41, 5.74) is 2.30. The van der Waals surface area contributed by atoms with Crippen LogP contribution in [0.4, 0.5) is 10.2 Å². The summed E-state index contributed by atoms with van der Waals surface area (Å²) in [6.45, 7) is 4.60. The summed E-state index contributed by atoms with van der Waals surface area (Å²) in [7, 11) is 0. The average Bonchev–Trinajstić information content (AvgIpc) is 3.49. The Morgan fingerprint density at radius 2 is 2.18 bits per heavy atom. The molecule has 3 rings (SSSR count). The summed E-state index contributed by atoms with van der Waals surface area (Å²) >= 11 is 0. The molecule has 0 atom stereocenters. The van der Waals surface area contributed by atoms with Crippen LogP contribution < -0.4 is 10.2 Å². The number of pyridine rings is 1. The molecule has 1 aromatic carbocycles. The molecular formula is C21H23FN4O2. The molecule has 28 heavy (non-hydrogen) atoms. The zero-order chi connectivity index (χ0) is 20.3. The van der Waals surface area contributed by atoms with Crippen LogP contribution in [0.3, 0.4) is 0 Å². The number of hydrogen-bond acceptors (Lipinski definition) is 5. The Kier molecular flexibility index (Phi) is 5.90. The van der Waals surface area contributed by atoms with Gasteiger partial charge in [0.2, 0.25) is 0 Å². The third kappa shape index (κ3) is 4.12. The van der Waals surface area contributed by atoms with Crippen LogP contribution in [0, 0.1) is 24.1 Å². The second-order valence-electron chi connectivity index (χ2n) is 6.90. The van der Waals surface area contributed by atoms with Gasteiger partial charge in [-0.15, -0.1) is 0 Å². The zero-order valence-electron chi connectivity index (χ0n) is 16.0. The highest BCUT2D eigenvalue weighted by atomic mass is 19.1. The number of nitrogens with zero attached hydrogens (tertiary/aromatic N) is 3. The number of anilines is 1. The molecule has 2 aromatic rings. The number of hydrogen-bond donors (Lipinski definition) is 2. The van der Waals surface area contributed by atoms with E-state index in [-0.39, 0.29) is 18.2 Å². The first-order valence-corrected chi connectivity index (χ1v) is 9.35. The van der Waals surface area contributed by atoms with Crippen molar-refractivity contribution in [2.24, 2.45) is 0 Å². The van der Waals surface area contributed by atoms with Crippen molar-refractivity contribution in [2.75, 3.05) is 24.6 Å². The molecule has 2 N–H and O–H groups in total. The van der Waals surface area contributed by atoms with Gasteiger partial charge in [0.15, 0.2) is 0 Å².